The van der Waals surface area contributed by atoms with Gasteiger partial charge in [0.25, 0.3) is 0 Å². The van der Waals surface area contributed by atoms with Crippen molar-refractivity contribution in [1.29, 1.82) is 0 Å². The fraction of sp³-hybridized carbons (Fsp3) is 0.455. The van der Waals surface area contributed by atoms with Gasteiger partial charge in [-0.1, -0.05) is 32.4 Å². The van der Waals surface area contributed by atoms with Crippen LogP contribution in [0.3, 0.4) is 0 Å². The van der Waals surface area contributed by atoms with Crippen molar-refractivity contribution in [2.45, 2.75) is 20.8 Å². The van der Waals surface area contributed by atoms with Gasteiger partial charge >= 0.3 is 0 Å². The summed E-state index contributed by atoms with van der Waals surface area (Å²) in [6, 6.07) is 2.21. The zero-order valence-corrected chi connectivity index (χ0v) is 13.4. The Morgan fingerprint density at radius 3 is 2.39 bits per heavy atom. The third-order valence-corrected chi connectivity index (χ3v) is 4.57. The lowest BCUT2D eigenvalue weighted by molar-refractivity contribution is 0.463. The fourth-order valence-corrected chi connectivity index (χ4v) is 4.23. The van der Waals surface area contributed by atoms with E-state index in [1.54, 1.807) is 0 Å². The van der Waals surface area contributed by atoms with Crippen LogP contribution in [0.4, 0.5) is 10.1 Å². The number of anilines is 1. The normalized spacial score (nSPS) is 12.6. The Kier molecular flexibility index (Phi) is 4.67. The van der Waals surface area contributed by atoms with E-state index in [0.717, 1.165) is 12.1 Å². The molecule has 0 atom stereocenters. The monoisotopic (exact) mass is 357 g/mol. The molecule has 0 heterocycles. The summed E-state index contributed by atoms with van der Waals surface area (Å²) in [6.45, 7) is 5.44. The van der Waals surface area contributed by atoms with Crippen LogP contribution in [-0.4, -0.2) is 14.2 Å². The van der Waals surface area contributed by atoms with Crippen LogP contribution in [0.25, 0.3) is 0 Å². The number of hydrogen-bond donors (Lipinski definition) is 1. The molecule has 0 aromatic heterocycles. The van der Waals surface area contributed by atoms with Crippen LogP contribution in [0.15, 0.2) is 16.6 Å². The van der Waals surface area contributed by atoms with E-state index in [1.165, 1.54) is 0 Å². The molecule has 0 unspecified atom stereocenters. The summed E-state index contributed by atoms with van der Waals surface area (Å²) in [5, 5.41) is 0.0133. The van der Waals surface area contributed by atoms with Crippen LogP contribution >= 0.6 is 27.5 Å². The van der Waals surface area contributed by atoms with Gasteiger partial charge in [-0.05, 0) is 33.5 Å². The van der Waals surface area contributed by atoms with Gasteiger partial charge in [-0.2, -0.15) is 0 Å². The minimum atomic E-state index is -3.54. The number of halogens is 3. The van der Waals surface area contributed by atoms with Crippen molar-refractivity contribution in [2.75, 3.05) is 10.5 Å². The van der Waals surface area contributed by atoms with Gasteiger partial charge in [-0.3, -0.25) is 4.72 Å². The van der Waals surface area contributed by atoms with E-state index in [9.17, 15) is 12.8 Å². The average molecular weight is 359 g/mol. The highest BCUT2D eigenvalue weighted by molar-refractivity contribution is 9.10. The van der Waals surface area contributed by atoms with Gasteiger partial charge in [0.2, 0.25) is 10.0 Å². The largest absolute Gasteiger partial charge is 0.281 e. The molecular weight excluding hydrogens is 345 g/mol. The zero-order chi connectivity index (χ0) is 14.1. The number of rotatable bonds is 3. The van der Waals surface area contributed by atoms with Crippen LogP contribution in [0, 0.1) is 11.2 Å². The molecule has 1 N–H and O–H groups in total. The van der Waals surface area contributed by atoms with Crippen LogP contribution in [0.1, 0.15) is 20.8 Å². The molecule has 0 bridgehead atoms. The van der Waals surface area contributed by atoms with E-state index in [-0.39, 0.29) is 26.4 Å². The molecule has 7 heteroatoms. The van der Waals surface area contributed by atoms with Crippen molar-refractivity contribution in [1.82, 2.24) is 0 Å². The smallest absolute Gasteiger partial charge is 0.233 e. The van der Waals surface area contributed by atoms with Gasteiger partial charge in [-0.15, -0.1) is 0 Å². The van der Waals surface area contributed by atoms with Gasteiger partial charge in [0.05, 0.1) is 16.5 Å². The summed E-state index contributed by atoms with van der Waals surface area (Å²) in [5.74, 6) is -0.592. The average Bonchev–Trinajstić information content (AvgIpc) is 2.07. The quantitative estimate of drug-likeness (QED) is 0.886. The number of nitrogens with one attached hydrogen (secondary N) is 1. The maximum atomic E-state index is 13.0. The molecule has 0 aliphatic heterocycles. The molecule has 1 rings (SSSR count). The van der Waals surface area contributed by atoms with Crippen molar-refractivity contribution in [3.05, 3.63) is 27.4 Å². The Morgan fingerprint density at radius 1 is 1.39 bits per heavy atom. The molecule has 0 amide bonds. The molecule has 18 heavy (non-hydrogen) atoms. The Bertz CT molecular complexity index is 532. The van der Waals surface area contributed by atoms with Gasteiger partial charge < -0.3 is 0 Å². The fourth-order valence-electron chi connectivity index (χ4n) is 1.40. The third-order valence-electron chi connectivity index (χ3n) is 1.89. The SMILES string of the molecule is CC(C)(C)CS(=O)(=O)Nc1c(Cl)cc(F)cc1Br. The lowest BCUT2D eigenvalue weighted by Crippen LogP contribution is -2.26. The Labute approximate surface area is 120 Å². The van der Waals surface area contributed by atoms with E-state index in [1.807, 2.05) is 20.8 Å². The van der Waals surface area contributed by atoms with Crippen molar-refractivity contribution in [3.8, 4) is 0 Å². The van der Waals surface area contributed by atoms with Gasteiger partial charge in [0.1, 0.15) is 5.82 Å². The van der Waals surface area contributed by atoms with Crippen molar-refractivity contribution < 1.29 is 12.8 Å². The van der Waals surface area contributed by atoms with Gasteiger partial charge in [0.15, 0.2) is 0 Å². The molecule has 0 saturated carbocycles. The van der Waals surface area contributed by atoms with Crippen LogP contribution in [-0.2, 0) is 10.0 Å². The Balaban J connectivity index is 3.06. The lowest BCUT2D eigenvalue weighted by atomic mass is 10.0. The predicted molar refractivity (Wildman–Crippen MR) is 76.0 cm³/mol. The highest BCUT2D eigenvalue weighted by atomic mass is 79.9. The second-order valence-electron chi connectivity index (χ2n) is 5.17. The first-order chi connectivity index (χ1) is 8.00. The zero-order valence-electron chi connectivity index (χ0n) is 10.2. The minimum absolute atomic E-state index is 0.0133. The summed E-state index contributed by atoms with van der Waals surface area (Å²) in [4.78, 5) is 0. The Morgan fingerprint density at radius 2 is 1.94 bits per heavy atom. The van der Waals surface area contributed by atoms with E-state index < -0.39 is 15.8 Å². The summed E-state index contributed by atoms with van der Waals surface area (Å²) in [7, 11) is -3.54. The summed E-state index contributed by atoms with van der Waals surface area (Å²) >= 11 is 8.89. The van der Waals surface area contributed by atoms with E-state index in [2.05, 4.69) is 20.7 Å². The van der Waals surface area contributed by atoms with Gasteiger partial charge in [-0.25, -0.2) is 12.8 Å². The van der Waals surface area contributed by atoms with Gasteiger partial charge in [0, 0.05) is 4.47 Å². The second kappa shape index (κ2) is 5.35. The molecule has 1 aromatic carbocycles. The van der Waals surface area contributed by atoms with E-state index in [4.69, 9.17) is 11.6 Å². The molecule has 0 fully saturated rings. The summed E-state index contributed by atoms with van der Waals surface area (Å²) in [6.07, 6.45) is 0. The highest BCUT2D eigenvalue weighted by Crippen LogP contribution is 2.33. The number of hydrogen-bond acceptors (Lipinski definition) is 2. The van der Waals surface area contributed by atoms with Crippen molar-refractivity contribution in [3.63, 3.8) is 0 Å². The summed E-state index contributed by atoms with van der Waals surface area (Å²) in [5.41, 5.74) is -0.229. The molecular formula is C11H14BrClFNO2S. The minimum Gasteiger partial charge on any atom is -0.281 e. The van der Waals surface area contributed by atoms with Crippen LogP contribution < -0.4 is 4.72 Å². The molecule has 0 spiro atoms. The third kappa shape index (κ3) is 4.74. The van der Waals surface area contributed by atoms with Crippen LogP contribution in [0.5, 0.6) is 0 Å². The molecule has 102 valence electrons. The Hall–Kier alpha value is -0.330. The molecule has 0 aliphatic carbocycles. The molecule has 0 radical (unpaired) electrons. The number of sulfonamides is 1. The highest BCUT2D eigenvalue weighted by Gasteiger charge is 2.23. The summed E-state index contributed by atoms with van der Waals surface area (Å²) < 4.78 is 39.5. The molecule has 3 nitrogen and oxygen atoms in total. The topological polar surface area (TPSA) is 46.2 Å². The van der Waals surface area contributed by atoms with E-state index in [0.29, 0.717) is 0 Å². The molecule has 1 aromatic rings. The second-order valence-corrected chi connectivity index (χ2v) is 8.15. The molecule has 0 saturated heterocycles. The number of benzene rings is 1. The van der Waals surface area contributed by atoms with E-state index >= 15 is 0 Å². The van der Waals surface area contributed by atoms with Crippen molar-refractivity contribution >= 4 is 43.2 Å². The first kappa shape index (κ1) is 15.7. The maximum absolute atomic E-state index is 13.0. The maximum Gasteiger partial charge on any atom is 0.233 e. The first-order valence-corrected chi connectivity index (χ1v) is 7.97. The predicted octanol–water partition coefficient (Wildman–Crippen LogP) is 4.03. The lowest BCUT2D eigenvalue weighted by Gasteiger charge is -2.19. The van der Waals surface area contributed by atoms with Crippen LogP contribution in [0.2, 0.25) is 5.02 Å². The van der Waals surface area contributed by atoms with Crippen molar-refractivity contribution in [2.24, 2.45) is 5.41 Å². The molecule has 0 aliphatic rings. The standard InChI is InChI=1S/C11H14BrClFNO2S/c1-11(2,3)6-18(16,17)15-10-8(12)4-7(14)5-9(10)13/h4-5,15H,6H2,1-3H3. The first-order valence-electron chi connectivity index (χ1n) is 5.15.